The van der Waals surface area contributed by atoms with Crippen LogP contribution in [0.2, 0.25) is 0 Å². The highest BCUT2D eigenvalue weighted by molar-refractivity contribution is 5.93. The Bertz CT molecular complexity index is 469. The third-order valence-electron chi connectivity index (χ3n) is 2.85. The van der Waals surface area contributed by atoms with Gasteiger partial charge in [0.1, 0.15) is 0 Å². The number of amides is 1. The van der Waals surface area contributed by atoms with Crippen LogP contribution in [-0.4, -0.2) is 24.0 Å². The number of benzene rings is 1. The van der Waals surface area contributed by atoms with Gasteiger partial charge in [-0.1, -0.05) is 13.3 Å². The van der Waals surface area contributed by atoms with Gasteiger partial charge in [0.25, 0.3) is 0 Å². The summed E-state index contributed by atoms with van der Waals surface area (Å²) in [7, 11) is 0. The highest BCUT2D eigenvalue weighted by Crippen LogP contribution is 2.12. The van der Waals surface area contributed by atoms with Gasteiger partial charge >= 0.3 is 5.97 Å². The van der Waals surface area contributed by atoms with Gasteiger partial charge in [-0.3, -0.25) is 4.79 Å². The first-order chi connectivity index (χ1) is 9.92. The van der Waals surface area contributed by atoms with Crippen molar-refractivity contribution in [2.75, 3.05) is 5.32 Å². The van der Waals surface area contributed by atoms with Crippen LogP contribution in [0.4, 0.5) is 5.69 Å². The molecule has 0 heterocycles. The molecule has 0 saturated heterocycles. The quantitative estimate of drug-likeness (QED) is 0.757. The van der Waals surface area contributed by atoms with E-state index < -0.39 is 0 Å². The van der Waals surface area contributed by atoms with Crippen LogP contribution in [0, 0.1) is 0 Å². The molecule has 0 aliphatic carbocycles. The summed E-state index contributed by atoms with van der Waals surface area (Å²) in [5.74, 6) is -0.485. The number of esters is 1. The van der Waals surface area contributed by atoms with E-state index in [2.05, 4.69) is 5.32 Å². The Morgan fingerprint density at radius 1 is 1.24 bits per heavy atom. The zero-order chi connectivity index (χ0) is 15.8. The van der Waals surface area contributed by atoms with Crippen LogP contribution in [0.15, 0.2) is 24.3 Å². The lowest BCUT2D eigenvalue weighted by Gasteiger charge is -2.11. The molecule has 3 N–H and O–H groups in total. The zero-order valence-electron chi connectivity index (χ0n) is 12.9. The maximum atomic E-state index is 11.8. The van der Waals surface area contributed by atoms with E-state index >= 15 is 0 Å². The first kappa shape index (κ1) is 17.2. The van der Waals surface area contributed by atoms with Crippen molar-refractivity contribution in [2.24, 2.45) is 5.73 Å². The molecule has 0 aliphatic heterocycles. The fourth-order valence-corrected chi connectivity index (χ4v) is 1.89. The number of anilines is 1. The molecule has 0 fully saturated rings. The van der Waals surface area contributed by atoms with E-state index in [1.165, 1.54) is 0 Å². The largest absolute Gasteiger partial charge is 0.459 e. The van der Waals surface area contributed by atoms with Crippen molar-refractivity contribution < 1.29 is 14.3 Å². The SMILES string of the molecule is CCCC(N)CC(=O)Nc1ccc(C(=O)OC(C)C)cc1. The van der Waals surface area contributed by atoms with Gasteiger partial charge in [0.05, 0.1) is 11.7 Å². The summed E-state index contributed by atoms with van der Waals surface area (Å²) in [6, 6.07) is 6.51. The molecule has 1 aromatic carbocycles. The second-order valence-corrected chi connectivity index (χ2v) is 5.33. The molecule has 0 aliphatic rings. The van der Waals surface area contributed by atoms with Crippen molar-refractivity contribution in [2.45, 2.75) is 52.2 Å². The van der Waals surface area contributed by atoms with Crippen molar-refractivity contribution in [3.05, 3.63) is 29.8 Å². The predicted molar refractivity (Wildman–Crippen MR) is 83.1 cm³/mol. The smallest absolute Gasteiger partial charge is 0.338 e. The molecule has 21 heavy (non-hydrogen) atoms. The summed E-state index contributed by atoms with van der Waals surface area (Å²) in [6.07, 6.45) is 1.93. The summed E-state index contributed by atoms with van der Waals surface area (Å²) < 4.78 is 5.09. The van der Waals surface area contributed by atoms with E-state index in [1.54, 1.807) is 38.1 Å². The van der Waals surface area contributed by atoms with Crippen LogP contribution >= 0.6 is 0 Å². The van der Waals surface area contributed by atoms with E-state index in [1.807, 2.05) is 6.92 Å². The summed E-state index contributed by atoms with van der Waals surface area (Å²) in [6.45, 7) is 5.63. The molecule has 0 aromatic heterocycles. The molecule has 1 unspecified atom stereocenters. The molecule has 5 heteroatoms. The lowest BCUT2D eigenvalue weighted by Crippen LogP contribution is -2.26. The molecule has 0 bridgehead atoms. The third kappa shape index (κ3) is 6.40. The van der Waals surface area contributed by atoms with Crippen LogP contribution < -0.4 is 11.1 Å². The molecular formula is C16H24N2O3. The molecule has 1 atom stereocenters. The summed E-state index contributed by atoms with van der Waals surface area (Å²) in [4.78, 5) is 23.5. The van der Waals surface area contributed by atoms with E-state index in [4.69, 9.17) is 10.5 Å². The minimum absolute atomic E-state index is 0.115. The van der Waals surface area contributed by atoms with Gasteiger partial charge < -0.3 is 15.8 Å². The molecule has 0 radical (unpaired) electrons. The van der Waals surface area contributed by atoms with E-state index in [9.17, 15) is 9.59 Å². The highest BCUT2D eigenvalue weighted by Gasteiger charge is 2.11. The molecule has 0 spiro atoms. The maximum Gasteiger partial charge on any atom is 0.338 e. The van der Waals surface area contributed by atoms with Gasteiger partial charge in [0.2, 0.25) is 5.91 Å². The fraction of sp³-hybridized carbons (Fsp3) is 0.500. The van der Waals surface area contributed by atoms with Crippen molar-refractivity contribution in [3.63, 3.8) is 0 Å². The van der Waals surface area contributed by atoms with Gasteiger partial charge in [-0.15, -0.1) is 0 Å². The normalized spacial score (nSPS) is 12.0. The predicted octanol–water partition coefficient (Wildman–Crippen LogP) is 2.71. The lowest BCUT2D eigenvalue weighted by molar-refractivity contribution is -0.116. The second kappa shape index (κ2) is 8.42. The number of rotatable bonds is 7. The van der Waals surface area contributed by atoms with Gasteiger partial charge in [-0.2, -0.15) is 0 Å². The monoisotopic (exact) mass is 292 g/mol. The third-order valence-corrected chi connectivity index (χ3v) is 2.85. The lowest BCUT2D eigenvalue weighted by atomic mass is 10.1. The number of carbonyl (C=O) groups is 2. The van der Waals surface area contributed by atoms with Crippen molar-refractivity contribution in [3.8, 4) is 0 Å². The van der Waals surface area contributed by atoms with Crippen LogP contribution in [-0.2, 0) is 9.53 Å². The van der Waals surface area contributed by atoms with E-state index in [0.717, 1.165) is 12.8 Å². The first-order valence-electron chi connectivity index (χ1n) is 7.28. The van der Waals surface area contributed by atoms with Crippen LogP contribution in [0.1, 0.15) is 50.4 Å². The number of hydrogen-bond donors (Lipinski definition) is 2. The topological polar surface area (TPSA) is 81.4 Å². The highest BCUT2D eigenvalue weighted by atomic mass is 16.5. The van der Waals surface area contributed by atoms with Gasteiger partial charge in [0.15, 0.2) is 0 Å². The second-order valence-electron chi connectivity index (χ2n) is 5.33. The molecule has 1 amide bonds. The Morgan fingerprint density at radius 3 is 2.38 bits per heavy atom. The molecule has 116 valence electrons. The fourth-order valence-electron chi connectivity index (χ4n) is 1.89. The minimum Gasteiger partial charge on any atom is -0.459 e. The Kier molecular flexibility index (Phi) is 6.88. The Labute approximate surface area is 125 Å². The molecule has 1 rings (SSSR count). The van der Waals surface area contributed by atoms with Crippen molar-refractivity contribution in [1.82, 2.24) is 0 Å². The van der Waals surface area contributed by atoms with E-state index in [-0.39, 0.29) is 24.0 Å². The summed E-state index contributed by atoms with van der Waals surface area (Å²) in [5, 5.41) is 2.77. The Morgan fingerprint density at radius 2 is 1.86 bits per heavy atom. The zero-order valence-corrected chi connectivity index (χ0v) is 12.9. The van der Waals surface area contributed by atoms with Crippen LogP contribution in [0.25, 0.3) is 0 Å². The standard InChI is InChI=1S/C16H24N2O3/c1-4-5-13(17)10-15(19)18-14-8-6-12(7-9-14)16(20)21-11(2)3/h6-9,11,13H,4-5,10,17H2,1-3H3,(H,18,19). The summed E-state index contributed by atoms with van der Waals surface area (Å²) >= 11 is 0. The van der Waals surface area contributed by atoms with E-state index in [0.29, 0.717) is 17.7 Å². The van der Waals surface area contributed by atoms with Gasteiger partial charge in [-0.25, -0.2) is 4.79 Å². The number of nitrogens with two attached hydrogens (primary N) is 1. The van der Waals surface area contributed by atoms with Crippen molar-refractivity contribution >= 4 is 17.6 Å². The average Bonchev–Trinajstić information content (AvgIpc) is 2.38. The maximum absolute atomic E-state index is 11.8. The number of carbonyl (C=O) groups excluding carboxylic acids is 2. The van der Waals surface area contributed by atoms with Crippen molar-refractivity contribution in [1.29, 1.82) is 0 Å². The molecule has 5 nitrogen and oxygen atoms in total. The Balaban J connectivity index is 2.54. The number of ether oxygens (including phenoxy) is 1. The number of hydrogen-bond acceptors (Lipinski definition) is 4. The van der Waals surface area contributed by atoms with Crippen LogP contribution in [0.5, 0.6) is 0 Å². The van der Waals surface area contributed by atoms with Crippen LogP contribution in [0.3, 0.4) is 0 Å². The number of nitrogens with one attached hydrogen (secondary N) is 1. The van der Waals surface area contributed by atoms with Gasteiger partial charge in [-0.05, 0) is 44.5 Å². The minimum atomic E-state index is -0.368. The summed E-state index contributed by atoms with van der Waals surface area (Å²) in [5.41, 5.74) is 6.93. The average molecular weight is 292 g/mol. The Hall–Kier alpha value is -1.88. The van der Waals surface area contributed by atoms with Gasteiger partial charge in [0, 0.05) is 18.2 Å². The molecular weight excluding hydrogens is 268 g/mol. The first-order valence-corrected chi connectivity index (χ1v) is 7.28. The molecule has 1 aromatic rings. The molecule has 0 saturated carbocycles.